The number of rotatable bonds is 7. The molecular formula is C13H15N3O4. The number of aromatic carboxylic acids is 1. The van der Waals surface area contributed by atoms with Gasteiger partial charge < -0.3 is 19.7 Å². The van der Waals surface area contributed by atoms with Gasteiger partial charge in [0.1, 0.15) is 12.4 Å². The third kappa shape index (κ3) is 4.06. The molecule has 0 atom stereocenters. The summed E-state index contributed by atoms with van der Waals surface area (Å²) in [5, 5.41) is 15.7. The lowest BCUT2D eigenvalue weighted by Gasteiger charge is -2.07. The molecule has 0 aliphatic heterocycles. The van der Waals surface area contributed by atoms with E-state index in [2.05, 4.69) is 15.5 Å². The van der Waals surface area contributed by atoms with E-state index in [1.54, 1.807) is 19.1 Å². The minimum atomic E-state index is -0.971. The molecule has 20 heavy (non-hydrogen) atoms. The summed E-state index contributed by atoms with van der Waals surface area (Å²) in [5.74, 6) is 0.682. The molecular weight excluding hydrogens is 262 g/mol. The molecule has 0 aliphatic carbocycles. The normalized spacial score (nSPS) is 10.4. The molecule has 2 N–H and O–H groups in total. The van der Waals surface area contributed by atoms with Crippen LogP contribution in [0.2, 0.25) is 0 Å². The van der Waals surface area contributed by atoms with E-state index >= 15 is 0 Å². The highest BCUT2D eigenvalue weighted by molar-refractivity contribution is 5.87. The molecule has 7 heteroatoms. The van der Waals surface area contributed by atoms with E-state index in [-0.39, 0.29) is 5.56 Å². The summed E-state index contributed by atoms with van der Waals surface area (Å²) >= 11 is 0. The Labute approximate surface area is 115 Å². The van der Waals surface area contributed by atoms with Crippen molar-refractivity contribution in [1.29, 1.82) is 0 Å². The molecule has 2 rings (SSSR count). The number of carbonyl (C=O) groups is 1. The van der Waals surface area contributed by atoms with Gasteiger partial charge in [0.05, 0.1) is 12.1 Å². The zero-order valence-electron chi connectivity index (χ0n) is 11.0. The van der Waals surface area contributed by atoms with Crippen LogP contribution in [-0.4, -0.2) is 34.4 Å². The molecule has 0 spiro atoms. The Morgan fingerprint density at radius 1 is 1.50 bits per heavy atom. The van der Waals surface area contributed by atoms with Gasteiger partial charge in [0, 0.05) is 13.5 Å². The topological polar surface area (TPSA) is 97.5 Å². The Morgan fingerprint density at radius 3 is 3.05 bits per heavy atom. The lowest BCUT2D eigenvalue weighted by molar-refractivity contribution is 0.0696. The smallest absolute Gasteiger partial charge is 0.335 e. The molecule has 1 heterocycles. The number of aromatic nitrogens is 2. The third-order valence-corrected chi connectivity index (χ3v) is 2.48. The highest BCUT2D eigenvalue weighted by atomic mass is 16.5. The number of carboxylic acids is 1. The number of ether oxygens (including phenoxy) is 1. The van der Waals surface area contributed by atoms with Crippen LogP contribution in [-0.2, 0) is 6.54 Å². The molecule has 0 saturated carbocycles. The monoisotopic (exact) mass is 277 g/mol. The summed E-state index contributed by atoms with van der Waals surface area (Å²) in [6.45, 7) is 3.23. The summed E-state index contributed by atoms with van der Waals surface area (Å²) in [5.41, 5.74) is 0.206. The van der Waals surface area contributed by atoms with Crippen LogP contribution < -0.4 is 10.1 Å². The van der Waals surface area contributed by atoms with E-state index in [1.807, 2.05) is 0 Å². The lowest BCUT2D eigenvalue weighted by atomic mass is 10.2. The first-order valence-corrected chi connectivity index (χ1v) is 6.11. The standard InChI is InChI=1S/C13H15N3O4/c1-9-15-12(16-20-9)8-14-5-6-19-11-4-2-3-10(7-11)13(17)18/h2-4,7,14H,5-6,8H2,1H3,(H,17,18). The minimum absolute atomic E-state index is 0.206. The van der Waals surface area contributed by atoms with Gasteiger partial charge >= 0.3 is 5.97 Å². The van der Waals surface area contributed by atoms with Crippen LogP contribution in [0.15, 0.2) is 28.8 Å². The van der Waals surface area contributed by atoms with E-state index in [0.717, 1.165) is 0 Å². The second-order valence-electron chi connectivity index (χ2n) is 4.09. The maximum absolute atomic E-state index is 10.8. The number of aryl methyl sites for hydroxylation is 1. The van der Waals surface area contributed by atoms with Gasteiger partial charge in [-0.3, -0.25) is 0 Å². The molecule has 1 aromatic heterocycles. The van der Waals surface area contributed by atoms with Crippen LogP contribution in [0.1, 0.15) is 22.1 Å². The van der Waals surface area contributed by atoms with Gasteiger partial charge in [-0.05, 0) is 18.2 Å². The van der Waals surface area contributed by atoms with Gasteiger partial charge in [0.2, 0.25) is 5.89 Å². The number of carboxylic acid groups (broad SMARTS) is 1. The van der Waals surface area contributed by atoms with Crippen molar-refractivity contribution in [3.05, 3.63) is 41.5 Å². The summed E-state index contributed by atoms with van der Waals surface area (Å²) < 4.78 is 10.3. The quantitative estimate of drug-likeness (QED) is 0.735. The average Bonchev–Trinajstić information content (AvgIpc) is 2.84. The second-order valence-corrected chi connectivity index (χ2v) is 4.09. The average molecular weight is 277 g/mol. The molecule has 0 bridgehead atoms. The van der Waals surface area contributed by atoms with Crippen molar-refractivity contribution in [3.63, 3.8) is 0 Å². The van der Waals surface area contributed by atoms with Crippen LogP contribution in [0.4, 0.5) is 0 Å². The van der Waals surface area contributed by atoms with Crippen LogP contribution in [0.3, 0.4) is 0 Å². The Morgan fingerprint density at radius 2 is 2.35 bits per heavy atom. The predicted octanol–water partition coefficient (Wildman–Crippen LogP) is 1.24. The summed E-state index contributed by atoms with van der Waals surface area (Å²) in [4.78, 5) is 14.8. The largest absolute Gasteiger partial charge is 0.492 e. The SMILES string of the molecule is Cc1nc(CNCCOc2cccc(C(=O)O)c2)no1. The van der Waals surface area contributed by atoms with Gasteiger partial charge in [0.25, 0.3) is 0 Å². The first kappa shape index (κ1) is 14.0. The fourth-order valence-corrected chi connectivity index (χ4v) is 1.57. The molecule has 7 nitrogen and oxygen atoms in total. The zero-order chi connectivity index (χ0) is 14.4. The van der Waals surface area contributed by atoms with Gasteiger partial charge in [-0.25, -0.2) is 4.79 Å². The van der Waals surface area contributed by atoms with Crippen molar-refractivity contribution in [2.45, 2.75) is 13.5 Å². The minimum Gasteiger partial charge on any atom is -0.492 e. The molecule has 0 saturated heterocycles. The Bertz CT molecular complexity index is 583. The van der Waals surface area contributed by atoms with E-state index < -0.39 is 5.97 Å². The van der Waals surface area contributed by atoms with Crippen molar-refractivity contribution < 1.29 is 19.2 Å². The highest BCUT2D eigenvalue weighted by Gasteiger charge is 2.04. The van der Waals surface area contributed by atoms with Gasteiger partial charge in [-0.1, -0.05) is 11.2 Å². The highest BCUT2D eigenvalue weighted by Crippen LogP contribution is 2.12. The van der Waals surface area contributed by atoms with Crippen molar-refractivity contribution in [1.82, 2.24) is 15.5 Å². The lowest BCUT2D eigenvalue weighted by Crippen LogP contribution is -2.21. The van der Waals surface area contributed by atoms with Crippen molar-refractivity contribution in [2.75, 3.05) is 13.2 Å². The number of hydrogen-bond acceptors (Lipinski definition) is 6. The van der Waals surface area contributed by atoms with Gasteiger partial charge in [0.15, 0.2) is 5.82 Å². The first-order valence-electron chi connectivity index (χ1n) is 6.11. The maximum atomic E-state index is 10.8. The van der Waals surface area contributed by atoms with E-state index in [9.17, 15) is 4.79 Å². The van der Waals surface area contributed by atoms with Crippen molar-refractivity contribution >= 4 is 5.97 Å². The number of benzene rings is 1. The molecule has 0 fully saturated rings. The number of hydrogen-bond donors (Lipinski definition) is 2. The molecule has 0 aliphatic rings. The molecule has 1 aromatic carbocycles. The van der Waals surface area contributed by atoms with Gasteiger partial charge in [-0.2, -0.15) is 4.98 Å². The fraction of sp³-hybridized carbons (Fsp3) is 0.308. The number of nitrogens with one attached hydrogen (secondary N) is 1. The summed E-state index contributed by atoms with van der Waals surface area (Å²) in [6, 6.07) is 6.38. The van der Waals surface area contributed by atoms with Crippen molar-refractivity contribution in [3.8, 4) is 5.75 Å². The first-order chi connectivity index (χ1) is 9.65. The van der Waals surface area contributed by atoms with E-state index in [4.69, 9.17) is 14.4 Å². The third-order valence-electron chi connectivity index (χ3n) is 2.48. The number of nitrogens with zero attached hydrogens (tertiary/aromatic N) is 2. The summed E-state index contributed by atoms with van der Waals surface area (Å²) in [7, 11) is 0. The zero-order valence-corrected chi connectivity index (χ0v) is 11.0. The van der Waals surface area contributed by atoms with Crippen LogP contribution in [0.5, 0.6) is 5.75 Å². The predicted molar refractivity (Wildman–Crippen MR) is 69.6 cm³/mol. The van der Waals surface area contributed by atoms with E-state index in [0.29, 0.717) is 37.2 Å². The van der Waals surface area contributed by atoms with Crippen LogP contribution in [0.25, 0.3) is 0 Å². The fourth-order valence-electron chi connectivity index (χ4n) is 1.57. The molecule has 0 unspecified atom stereocenters. The molecule has 2 aromatic rings. The maximum Gasteiger partial charge on any atom is 0.335 e. The Balaban J connectivity index is 1.70. The molecule has 106 valence electrons. The summed E-state index contributed by atoms with van der Waals surface area (Å²) in [6.07, 6.45) is 0. The molecule has 0 radical (unpaired) electrons. The molecule has 0 amide bonds. The van der Waals surface area contributed by atoms with Crippen LogP contribution in [0, 0.1) is 6.92 Å². The Kier molecular flexibility index (Phi) is 4.67. The second kappa shape index (κ2) is 6.67. The Hall–Kier alpha value is -2.41. The van der Waals surface area contributed by atoms with Crippen molar-refractivity contribution in [2.24, 2.45) is 0 Å². The van der Waals surface area contributed by atoms with Gasteiger partial charge in [-0.15, -0.1) is 0 Å². The van der Waals surface area contributed by atoms with Crippen LogP contribution >= 0.6 is 0 Å². The van der Waals surface area contributed by atoms with E-state index in [1.165, 1.54) is 12.1 Å².